The highest BCUT2D eigenvalue weighted by Gasteiger charge is 2.34. The van der Waals surface area contributed by atoms with Crippen LogP contribution in [0.15, 0.2) is 23.1 Å². The normalized spacial score (nSPS) is 19.5. The van der Waals surface area contributed by atoms with Gasteiger partial charge in [0.1, 0.15) is 22.4 Å². The Kier molecular flexibility index (Phi) is 4.54. The van der Waals surface area contributed by atoms with E-state index in [1.165, 1.54) is 16.4 Å². The number of aryl methyl sites for hydroxylation is 1. The predicted octanol–water partition coefficient (Wildman–Crippen LogP) is 1.40. The van der Waals surface area contributed by atoms with Gasteiger partial charge in [-0.3, -0.25) is 0 Å². The molecule has 0 radical (unpaired) electrons. The lowest BCUT2D eigenvalue weighted by Crippen LogP contribution is -2.39. The summed E-state index contributed by atoms with van der Waals surface area (Å²) >= 11 is 0. The standard InChI is InChI=1S/C17H22FN5O2S/c1-12-3-2-4-14(18)16(12)26(24,25)22-8-5-13(6-9-22)17-21-20-15-11-19-7-10-23(15)17/h2-4,13,19H,5-11H2,1H3. The van der Waals surface area contributed by atoms with E-state index in [4.69, 9.17) is 0 Å². The monoisotopic (exact) mass is 379 g/mol. The minimum absolute atomic E-state index is 0.183. The fourth-order valence-electron chi connectivity index (χ4n) is 3.84. The number of nitrogens with one attached hydrogen (secondary N) is 1. The Morgan fingerprint density at radius 1 is 1.19 bits per heavy atom. The lowest BCUT2D eigenvalue weighted by Gasteiger charge is -2.31. The second-order valence-electron chi connectivity index (χ2n) is 6.87. The summed E-state index contributed by atoms with van der Waals surface area (Å²) in [5.41, 5.74) is 0.436. The fraction of sp³-hybridized carbons (Fsp3) is 0.529. The van der Waals surface area contributed by atoms with Gasteiger partial charge in [-0.1, -0.05) is 12.1 Å². The molecular weight excluding hydrogens is 357 g/mol. The highest BCUT2D eigenvalue weighted by molar-refractivity contribution is 7.89. The minimum Gasteiger partial charge on any atom is -0.312 e. The Balaban J connectivity index is 1.53. The highest BCUT2D eigenvalue weighted by Crippen LogP contribution is 2.32. The Morgan fingerprint density at radius 2 is 1.96 bits per heavy atom. The SMILES string of the molecule is Cc1cccc(F)c1S(=O)(=O)N1CCC(c2nnc3n2CCNC3)CC1. The molecule has 0 atom stereocenters. The molecule has 0 bridgehead atoms. The quantitative estimate of drug-likeness (QED) is 0.872. The number of fused-ring (bicyclic) bond motifs is 1. The second kappa shape index (κ2) is 6.71. The molecule has 0 saturated carbocycles. The number of nitrogens with zero attached hydrogens (tertiary/aromatic N) is 4. The highest BCUT2D eigenvalue weighted by atomic mass is 32.2. The molecule has 0 unspecified atom stereocenters. The lowest BCUT2D eigenvalue weighted by molar-refractivity contribution is 0.306. The van der Waals surface area contributed by atoms with Gasteiger partial charge in [-0.15, -0.1) is 10.2 Å². The zero-order valence-corrected chi connectivity index (χ0v) is 15.5. The van der Waals surface area contributed by atoms with Crippen molar-refractivity contribution in [3.8, 4) is 0 Å². The number of hydrogen-bond donors (Lipinski definition) is 1. The third-order valence-electron chi connectivity index (χ3n) is 5.23. The van der Waals surface area contributed by atoms with Gasteiger partial charge in [0.15, 0.2) is 0 Å². The molecule has 2 aromatic rings. The Hall–Kier alpha value is -1.84. The van der Waals surface area contributed by atoms with Crippen molar-refractivity contribution in [2.24, 2.45) is 0 Å². The molecule has 1 aromatic heterocycles. The maximum absolute atomic E-state index is 14.2. The van der Waals surface area contributed by atoms with Gasteiger partial charge >= 0.3 is 0 Å². The number of halogens is 1. The Bertz CT molecular complexity index is 899. The predicted molar refractivity (Wildman–Crippen MR) is 93.6 cm³/mol. The van der Waals surface area contributed by atoms with Crippen LogP contribution in [0.4, 0.5) is 4.39 Å². The van der Waals surface area contributed by atoms with Gasteiger partial charge in [-0.05, 0) is 31.4 Å². The summed E-state index contributed by atoms with van der Waals surface area (Å²) < 4.78 is 43.5. The van der Waals surface area contributed by atoms with Gasteiger partial charge in [0, 0.05) is 32.1 Å². The maximum Gasteiger partial charge on any atom is 0.246 e. The van der Waals surface area contributed by atoms with Crippen molar-refractivity contribution in [2.75, 3.05) is 19.6 Å². The third kappa shape index (κ3) is 2.93. The lowest BCUT2D eigenvalue weighted by atomic mass is 9.97. The van der Waals surface area contributed by atoms with E-state index in [1.54, 1.807) is 13.0 Å². The first kappa shape index (κ1) is 17.6. The van der Waals surface area contributed by atoms with Crippen LogP contribution in [0.3, 0.4) is 0 Å². The summed E-state index contributed by atoms with van der Waals surface area (Å²) in [6.45, 7) is 4.79. The van der Waals surface area contributed by atoms with Crippen LogP contribution in [0.5, 0.6) is 0 Å². The van der Waals surface area contributed by atoms with Crippen LogP contribution in [0.2, 0.25) is 0 Å². The molecule has 26 heavy (non-hydrogen) atoms. The average molecular weight is 379 g/mol. The summed E-state index contributed by atoms with van der Waals surface area (Å²) in [4.78, 5) is -0.204. The maximum atomic E-state index is 14.2. The summed E-state index contributed by atoms with van der Waals surface area (Å²) in [6, 6.07) is 4.35. The number of piperidine rings is 1. The molecule has 0 spiro atoms. The van der Waals surface area contributed by atoms with Crippen molar-refractivity contribution in [1.82, 2.24) is 24.4 Å². The summed E-state index contributed by atoms with van der Waals surface area (Å²) in [6.07, 6.45) is 1.33. The molecular formula is C17H22FN5O2S. The molecule has 9 heteroatoms. The van der Waals surface area contributed by atoms with Gasteiger partial charge in [0.25, 0.3) is 0 Å². The molecule has 3 heterocycles. The van der Waals surface area contributed by atoms with E-state index in [-0.39, 0.29) is 10.8 Å². The van der Waals surface area contributed by atoms with Crippen molar-refractivity contribution in [2.45, 2.75) is 43.7 Å². The van der Waals surface area contributed by atoms with Crippen LogP contribution in [0, 0.1) is 12.7 Å². The Morgan fingerprint density at radius 3 is 2.69 bits per heavy atom. The van der Waals surface area contributed by atoms with Gasteiger partial charge in [-0.2, -0.15) is 4.31 Å². The van der Waals surface area contributed by atoms with Crippen molar-refractivity contribution < 1.29 is 12.8 Å². The summed E-state index contributed by atoms with van der Waals surface area (Å²) in [5.74, 6) is 1.37. The number of hydrogen-bond acceptors (Lipinski definition) is 5. The summed E-state index contributed by atoms with van der Waals surface area (Å²) in [5, 5.41) is 11.8. The van der Waals surface area contributed by atoms with Crippen molar-refractivity contribution in [1.29, 1.82) is 0 Å². The van der Waals surface area contributed by atoms with Crippen LogP contribution in [0.1, 0.15) is 36.0 Å². The molecule has 140 valence electrons. The zero-order valence-electron chi connectivity index (χ0n) is 14.7. The van der Waals surface area contributed by atoms with Gasteiger partial charge < -0.3 is 9.88 Å². The van der Waals surface area contributed by atoms with Crippen molar-refractivity contribution >= 4 is 10.0 Å². The number of aromatic nitrogens is 3. The molecule has 1 aromatic carbocycles. The average Bonchev–Trinajstić information content (AvgIpc) is 3.05. The van der Waals surface area contributed by atoms with Gasteiger partial charge in [0.05, 0.1) is 6.54 Å². The van der Waals surface area contributed by atoms with E-state index < -0.39 is 15.8 Å². The zero-order chi connectivity index (χ0) is 18.3. The minimum atomic E-state index is -3.83. The number of sulfonamides is 1. The van der Waals surface area contributed by atoms with Gasteiger partial charge in [-0.25, -0.2) is 12.8 Å². The van der Waals surface area contributed by atoms with Crippen LogP contribution in [0.25, 0.3) is 0 Å². The van der Waals surface area contributed by atoms with E-state index >= 15 is 0 Å². The topological polar surface area (TPSA) is 80.1 Å². The van der Waals surface area contributed by atoms with E-state index in [2.05, 4.69) is 20.1 Å². The van der Waals surface area contributed by atoms with Crippen LogP contribution >= 0.6 is 0 Å². The molecule has 1 saturated heterocycles. The molecule has 1 N–H and O–H groups in total. The third-order valence-corrected chi connectivity index (χ3v) is 7.31. The fourth-order valence-corrected chi connectivity index (χ4v) is 5.58. The summed E-state index contributed by atoms with van der Waals surface area (Å²) in [7, 11) is -3.83. The van der Waals surface area contributed by atoms with E-state index in [0.29, 0.717) is 38.0 Å². The molecule has 7 nitrogen and oxygen atoms in total. The largest absolute Gasteiger partial charge is 0.312 e. The molecule has 4 rings (SSSR count). The van der Waals surface area contributed by atoms with Crippen molar-refractivity contribution in [3.05, 3.63) is 41.2 Å². The molecule has 2 aliphatic rings. The smallest absolute Gasteiger partial charge is 0.246 e. The van der Waals surface area contributed by atoms with E-state index in [1.807, 2.05) is 0 Å². The van der Waals surface area contributed by atoms with E-state index in [0.717, 1.165) is 24.7 Å². The first-order valence-electron chi connectivity index (χ1n) is 8.86. The Labute approximate surface area is 152 Å². The molecule has 0 aliphatic carbocycles. The molecule has 1 fully saturated rings. The van der Waals surface area contributed by atoms with Crippen molar-refractivity contribution in [3.63, 3.8) is 0 Å². The first-order valence-corrected chi connectivity index (χ1v) is 10.3. The van der Waals surface area contributed by atoms with Crippen LogP contribution in [-0.2, 0) is 23.1 Å². The molecule has 2 aliphatic heterocycles. The first-order chi connectivity index (χ1) is 12.5. The van der Waals surface area contributed by atoms with Gasteiger partial charge in [0.2, 0.25) is 10.0 Å². The van der Waals surface area contributed by atoms with Crippen LogP contribution in [-0.4, -0.2) is 47.1 Å². The number of rotatable bonds is 3. The van der Waals surface area contributed by atoms with E-state index in [9.17, 15) is 12.8 Å². The van der Waals surface area contributed by atoms with Crippen LogP contribution < -0.4 is 5.32 Å². The molecule has 0 amide bonds. The second-order valence-corrected chi connectivity index (χ2v) is 8.74. The number of benzene rings is 1.